The van der Waals surface area contributed by atoms with Crippen LogP contribution in [-0.4, -0.2) is 19.0 Å². The van der Waals surface area contributed by atoms with Gasteiger partial charge in [-0.05, 0) is 13.3 Å². The fourth-order valence-electron chi connectivity index (χ4n) is 0.788. The van der Waals surface area contributed by atoms with Crippen LogP contribution < -0.4 is 0 Å². The van der Waals surface area contributed by atoms with E-state index in [2.05, 4.69) is 0 Å². The Morgan fingerprint density at radius 1 is 2.00 bits per heavy atom. The van der Waals surface area contributed by atoms with Crippen LogP contribution in [0.2, 0.25) is 0 Å². The standard InChI is InChI=1S/C6H10O2/c1-5(7)6-2-3-8-4-6/h6H,2-4H2,1H3/i1D. The van der Waals surface area contributed by atoms with Crippen LogP contribution >= 0.6 is 0 Å². The Hall–Kier alpha value is -0.370. The Balaban J connectivity index is 2.32. The van der Waals surface area contributed by atoms with Crippen LogP contribution in [0.3, 0.4) is 0 Å². The van der Waals surface area contributed by atoms with Gasteiger partial charge in [-0.15, -0.1) is 0 Å². The molecule has 1 atom stereocenters. The first-order valence-electron chi connectivity index (χ1n) is 3.45. The van der Waals surface area contributed by atoms with Crippen LogP contribution in [0, 0.1) is 5.92 Å². The molecule has 0 aromatic rings. The summed E-state index contributed by atoms with van der Waals surface area (Å²) in [6.45, 7) is 1.14. The molecular weight excluding hydrogens is 104 g/mol. The number of Topliss-reactive ketones (excluding diaryl/α,β-unsaturated/α-hetero) is 1. The lowest BCUT2D eigenvalue weighted by molar-refractivity contribution is -0.120. The molecule has 0 aromatic carbocycles. The highest BCUT2D eigenvalue weighted by Gasteiger charge is 2.18. The molecule has 1 aliphatic rings. The minimum absolute atomic E-state index is 0.0208. The molecule has 1 fully saturated rings. The van der Waals surface area contributed by atoms with Crippen molar-refractivity contribution in [2.24, 2.45) is 5.92 Å². The van der Waals surface area contributed by atoms with Gasteiger partial charge in [0.2, 0.25) is 0 Å². The van der Waals surface area contributed by atoms with Crippen LogP contribution in [0.5, 0.6) is 0 Å². The molecule has 1 rings (SSSR count). The summed E-state index contributed by atoms with van der Waals surface area (Å²) in [5, 5.41) is 0. The van der Waals surface area contributed by atoms with Crippen molar-refractivity contribution in [2.75, 3.05) is 13.2 Å². The minimum atomic E-state index is -0.0893. The number of ketones is 1. The third-order valence-electron chi connectivity index (χ3n) is 1.39. The molecule has 46 valence electrons. The van der Waals surface area contributed by atoms with Crippen molar-refractivity contribution in [3.8, 4) is 0 Å². The molecule has 8 heavy (non-hydrogen) atoms. The van der Waals surface area contributed by atoms with Crippen LogP contribution in [-0.2, 0) is 9.53 Å². The molecule has 1 saturated heterocycles. The second-order valence-electron chi connectivity index (χ2n) is 2.03. The Morgan fingerprint density at radius 3 is 3.38 bits per heavy atom. The summed E-state index contributed by atoms with van der Waals surface area (Å²) in [6, 6.07) is 0. The first-order valence-corrected chi connectivity index (χ1v) is 2.74. The second-order valence-corrected chi connectivity index (χ2v) is 2.03. The van der Waals surface area contributed by atoms with Crippen LogP contribution in [0.25, 0.3) is 0 Å². The Labute approximate surface area is 50.2 Å². The Kier molecular flexibility index (Phi) is 1.28. The second kappa shape index (κ2) is 2.27. The van der Waals surface area contributed by atoms with E-state index in [1.54, 1.807) is 0 Å². The van der Waals surface area contributed by atoms with E-state index >= 15 is 0 Å². The van der Waals surface area contributed by atoms with E-state index in [1.807, 2.05) is 0 Å². The zero-order chi connectivity index (χ0) is 6.69. The fourth-order valence-corrected chi connectivity index (χ4v) is 0.788. The van der Waals surface area contributed by atoms with Crippen LogP contribution in [0.4, 0.5) is 0 Å². The van der Waals surface area contributed by atoms with Crippen molar-refractivity contribution >= 4 is 5.78 Å². The zero-order valence-corrected chi connectivity index (χ0v) is 4.72. The van der Waals surface area contributed by atoms with Crippen molar-refractivity contribution < 1.29 is 10.9 Å². The molecule has 0 saturated carbocycles. The van der Waals surface area contributed by atoms with Crippen molar-refractivity contribution in [1.82, 2.24) is 0 Å². The normalized spacial score (nSPS) is 30.0. The topological polar surface area (TPSA) is 26.3 Å². The number of hydrogen-bond donors (Lipinski definition) is 0. The van der Waals surface area contributed by atoms with Gasteiger partial charge in [-0.25, -0.2) is 0 Å². The van der Waals surface area contributed by atoms with Crippen LogP contribution in [0.15, 0.2) is 0 Å². The number of carbonyl (C=O) groups is 1. The maximum absolute atomic E-state index is 10.7. The summed E-state index contributed by atoms with van der Waals surface area (Å²) in [5.41, 5.74) is 0. The smallest absolute Gasteiger partial charge is 0.135 e. The highest BCUT2D eigenvalue weighted by atomic mass is 16.5. The van der Waals surface area contributed by atoms with Crippen molar-refractivity contribution in [1.29, 1.82) is 0 Å². The lowest BCUT2D eigenvalue weighted by Gasteiger charge is -1.97. The van der Waals surface area contributed by atoms with Gasteiger partial charge in [0.1, 0.15) is 5.78 Å². The van der Waals surface area contributed by atoms with Gasteiger partial charge in [0.25, 0.3) is 0 Å². The summed E-state index contributed by atoms with van der Waals surface area (Å²) in [6.07, 6.45) is 0.817. The monoisotopic (exact) mass is 115 g/mol. The molecular formula is C6H10O2. The van der Waals surface area contributed by atoms with E-state index in [0.717, 1.165) is 6.42 Å². The van der Waals surface area contributed by atoms with Gasteiger partial charge < -0.3 is 4.74 Å². The first-order chi connectivity index (χ1) is 4.34. The molecule has 2 heteroatoms. The van der Waals surface area contributed by atoms with Crippen molar-refractivity contribution in [2.45, 2.75) is 13.3 Å². The highest BCUT2D eigenvalue weighted by Crippen LogP contribution is 2.12. The zero-order valence-electron chi connectivity index (χ0n) is 5.72. The number of ether oxygens (including phenoxy) is 1. The molecule has 1 aliphatic heterocycles. The summed E-state index contributed by atoms with van der Waals surface area (Å²) in [4.78, 5) is 10.7. The van der Waals surface area contributed by atoms with Gasteiger partial charge in [-0.1, -0.05) is 0 Å². The molecule has 1 heterocycles. The maximum atomic E-state index is 10.7. The summed E-state index contributed by atoms with van der Waals surface area (Å²) in [7, 11) is 0. The Morgan fingerprint density at radius 2 is 2.88 bits per heavy atom. The number of rotatable bonds is 1. The van der Waals surface area contributed by atoms with E-state index in [1.165, 1.54) is 0 Å². The quantitative estimate of drug-likeness (QED) is 0.500. The molecule has 0 aromatic heterocycles. The lowest BCUT2D eigenvalue weighted by atomic mass is 10.1. The highest BCUT2D eigenvalue weighted by molar-refractivity contribution is 5.78. The first kappa shape index (κ1) is 4.50. The average Bonchev–Trinajstić information content (AvgIpc) is 2.37. The summed E-state index contributed by atoms with van der Waals surface area (Å²) in [5.74, 6) is 0.0509. The van der Waals surface area contributed by atoms with Gasteiger partial charge in [-0.2, -0.15) is 0 Å². The molecule has 0 aliphatic carbocycles. The third-order valence-corrected chi connectivity index (χ3v) is 1.39. The van der Waals surface area contributed by atoms with Crippen molar-refractivity contribution in [3.63, 3.8) is 0 Å². The van der Waals surface area contributed by atoms with E-state index in [9.17, 15) is 4.79 Å². The average molecular weight is 115 g/mol. The molecule has 0 radical (unpaired) electrons. The number of carbonyl (C=O) groups excluding carboxylic acids is 1. The molecule has 1 unspecified atom stereocenters. The van der Waals surface area contributed by atoms with Gasteiger partial charge in [0.15, 0.2) is 0 Å². The molecule has 0 spiro atoms. The largest absolute Gasteiger partial charge is 0.381 e. The molecule has 0 bridgehead atoms. The third kappa shape index (κ3) is 1.07. The van der Waals surface area contributed by atoms with Gasteiger partial charge in [0, 0.05) is 13.9 Å². The van der Waals surface area contributed by atoms with E-state index in [4.69, 9.17) is 6.11 Å². The van der Waals surface area contributed by atoms with Crippen molar-refractivity contribution in [3.05, 3.63) is 0 Å². The summed E-state index contributed by atoms with van der Waals surface area (Å²) >= 11 is 0. The molecule has 2 nitrogen and oxygen atoms in total. The van der Waals surface area contributed by atoms with Gasteiger partial charge >= 0.3 is 0 Å². The van der Waals surface area contributed by atoms with Gasteiger partial charge in [-0.3, -0.25) is 4.79 Å². The van der Waals surface area contributed by atoms with E-state index in [0.29, 0.717) is 13.2 Å². The lowest BCUT2D eigenvalue weighted by Crippen LogP contribution is -2.09. The molecule has 0 N–H and O–H groups in total. The maximum Gasteiger partial charge on any atom is 0.135 e. The predicted octanol–water partition coefficient (Wildman–Crippen LogP) is 0.612. The Bertz CT molecular complexity index is 108. The summed E-state index contributed by atoms with van der Waals surface area (Å²) < 4.78 is 11.7. The minimum Gasteiger partial charge on any atom is -0.381 e. The van der Waals surface area contributed by atoms with Gasteiger partial charge in [0.05, 0.1) is 6.61 Å². The predicted molar refractivity (Wildman–Crippen MR) is 29.6 cm³/mol. The SMILES string of the molecule is [2H]CC(=O)C1CCOC1. The number of hydrogen-bond acceptors (Lipinski definition) is 2. The van der Waals surface area contributed by atoms with Crippen LogP contribution in [0.1, 0.15) is 14.7 Å². The molecule has 0 amide bonds. The van der Waals surface area contributed by atoms with E-state index < -0.39 is 0 Å². The fraction of sp³-hybridized carbons (Fsp3) is 0.833. The van der Waals surface area contributed by atoms with E-state index in [-0.39, 0.29) is 18.6 Å².